The summed E-state index contributed by atoms with van der Waals surface area (Å²) in [6.07, 6.45) is 2.85. The lowest BCUT2D eigenvalue weighted by Crippen LogP contribution is -2.07. The third kappa shape index (κ3) is 5.95. The predicted molar refractivity (Wildman–Crippen MR) is 82.1 cm³/mol. The van der Waals surface area contributed by atoms with E-state index < -0.39 is 16.4 Å². The number of para-hydroxylation sites is 1. The fraction of sp³-hybridized carbons (Fsp3) is 0.400. The maximum Gasteiger partial charge on any atom is 0.312 e. The van der Waals surface area contributed by atoms with E-state index in [-0.39, 0.29) is 5.38 Å². The molecule has 1 atom stereocenters. The molecule has 0 spiro atoms. The first-order valence-corrected chi connectivity index (χ1v) is 7.08. The number of alkyl halides is 1. The van der Waals surface area contributed by atoms with Crippen molar-refractivity contribution in [3.8, 4) is 5.75 Å². The fourth-order valence-electron chi connectivity index (χ4n) is 1.71. The van der Waals surface area contributed by atoms with Gasteiger partial charge in [-0.1, -0.05) is 18.2 Å². The zero-order valence-electron chi connectivity index (χ0n) is 12.0. The zero-order chi connectivity index (χ0) is 15.8. The highest BCUT2D eigenvalue weighted by molar-refractivity contribution is 6.20. The quantitative estimate of drug-likeness (QED) is 0.241. The Morgan fingerprint density at radius 2 is 2.14 bits per heavy atom. The molecule has 0 aliphatic carbocycles. The number of allylic oxidation sites excluding steroid dienone is 1. The van der Waals surface area contributed by atoms with Crippen LogP contribution in [0, 0.1) is 10.1 Å². The Labute approximate surface area is 128 Å². The van der Waals surface area contributed by atoms with Gasteiger partial charge in [-0.2, -0.15) is 0 Å². The van der Waals surface area contributed by atoms with Crippen LogP contribution in [0.2, 0.25) is 0 Å². The van der Waals surface area contributed by atoms with Gasteiger partial charge in [-0.05, 0) is 25.8 Å². The van der Waals surface area contributed by atoms with Crippen LogP contribution in [-0.2, 0) is 4.79 Å². The summed E-state index contributed by atoms with van der Waals surface area (Å²) in [6, 6.07) is 6.90. The molecule has 0 aliphatic heterocycles. The summed E-state index contributed by atoms with van der Waals surface area (Å²) in [7, 11) is 0. The smallest absolute Gasteiger partial charge is 0.312 e. The largest absolute Gasteiger partial charge is 0.493 e. The average molecular weight is 312 g/mol. The minimum atomic E-state index is -0.686. The van der Waals surface area contributed by atoms with E-state index in [1.165, 1.54) is 13.0 Å². The van der Waals surface area contributed by atoms with Crippen molar-refractivity contribution in [2.75, 3.05) is 6.61 Å². The lowest BCUT2D eigenvalue weighted by Gasteiger charge is -2.09. The van der Waals surface area contributed by atoms with Gasteiger partial charge in [0.25, 0.3) is 0 Å². The number of nitrogens with zero attached hydrogens (tertiary/aromatic N) is 1. The second kappa shape index (κ2) is 8.42. The Kier molecular flexibility index (Phi) is 6.88. The number of carbonyl (C=O) groups is 1. The molecular weight excluding hydrogens is 294 g/mol. The highest BCUT2D eigenvalue weighted by atomic mass is 35.5. The predicted octanol–water partition coefficient (Wildman–Crippen LogP) is 3.68. The molecule has 0 heterocycles. The normalized spacial score (nSPS) is 12.8. The molecule has 21 heavy (non-hydrogen) atoms. The molecule has 0 amide bonds. The number of benzene rings is 1. The second-order valence-corrected chi connectivity index (χ2v) is 5.40. The minimum absolute atomic E-state index is 0.0857. The van der Waals surface area contributed by atoms with Crippen LogP contribution in [0.15, 0.2) is 30.0 Å². The molecule has 1 unspecified atom stereocenters. The van der Waals surface area contributed by atoms with Crippen molar-refractivity contribution in [3.63, 3.8) is 0 Å². The van der Waals surface area contributed by atoms with Crippen molar-refractivity contribution >= 4 is 23.5 Å². The summed E-state index contributed by atoms with van der Waals surface area (Å²) in [5.41, 5.74) is 0.0544. The van der Waals surface area contributed by atoms with Crippen LogP contribution in [0.5, 0.6) is 5.75 Å². The highest BCUT2D eigenvalue weighted by Crippen LogP contribution is 2.22. The van der Waals surface area contributed by atoms with Gasteiger partial charge < -0.3 is 4.74 Å². The number of hydrogen-bond donors (Lipinski definition) is 0. The zero-order valence-corrected chi connectivity index (χ0v) is 12.8. The summed E-state index contributed by atoms with van der Waals surface area (Å²) in [5.74, 6) is -0.0777. The van der Waals surface area contributed by atoms with Crippen molar-refractivity contribution in [2.45, 2.75) is 32.1 Å². The van der Waals surface area contributed by atoms with E-state index in [2.05, 4.69) is 0 Å². The number of rotatable bonds is 8. The van der Waals surface area contributed by atoms with E-state index in [4.69, 9.17) is 16.3 Å². The molecular formula is C15H18ClNO4. The average Bonchev–Trinajstić information content (AvgIpc) is 2.41. The number of hydrogen-bond acceptors (Lipinski definition) is 4. The van der Waals surface area contributed by atoms with E-state index in [1.807, 2.05) is 6.92 Å². The molecule has 0 N–H and O–H groups in total. The lowest BCUT2D eigenvalue weighted by atomic mass is 10.1. The van der Waals surface area contributed by atoms with Gasteiger partial charge >= 0.3 is 5.70 Å². The highest BCUT2D eigenvalue weighted by Gasteiger charge is 2.17. The van der Waals surface area contributed by atoms with Crippen LogP contribution >= 0.6 is 11.6 Å². The standard InChI is InChI=1S/C15H18ClNO4/c1-11(16)6-5-9-21-15-8-4-3-7-13(15)10-14(12(2)18)17(19)20/h3-4,7-8,10-11H,5-6,9H2,1-2H3. The van der Waals surface area contributed by atoms with Crippen LogP contribution in [0.1, 0.15) is 32.3 Å². The lowest BCUT2D eigenvalue weighted by molar-refractivity contribution is -0.417. The Hall–Kier alpha value is -1.88. The first-order chi connectivity index (χ1) is 9.91. The second-order valence-electron chi connectivity index (χ2n) is 4.65. The Morgan fingerprint density at radius 1 is 1.48 bits per heavy atom. The molecule has 0 saturated heterocycles. The molecule has 0 aromatic heterocycles. The molecule has 0 saturated carbocycles. The van der Waals surface area contributed by atoms with Gasteiger partial charge in [-0.3, -0.25) is 14.9 Å². The summed E-state index contributed by atoms with van der Waals surface area (Å²) < 4.78 is 5.61. The fourth-order valence-corrected chi connectivity index (χ4v) is 1.86. The third-order valence-corrected chi connectivity index (χ3v) is 2.99. The molecule has 1 aromatic carbocycles. The van der Waals surface area contributed by atoms with Crippen molar-refractivity contribution in [3.05, 3.63) is 45.6 Å². The molecule has 1 rings (SSSR count). The maximum atomic E-state index is 11.3. The number of Topliss-reactive ketones (excluding diaryl/α,β-unsaturated/α-hetero) is 1. The molecule has 1 aromatic rings. The maximum absolute atomic E-state index is 11.3. The van der Waals surface area contributed by atoms with Gasteiger partial charge in [-0.15, -0.1) is 11.6 Å². The van der Waals surface area contributed by atoms with E-state index in [0.717, 1.165) is 12.8 Å². The summed E-state index contributed by atoms with van der Waals surface area (Å²) in [4.78, 5) is 21.4. The number of nitro groups is 1. The number of ketones is 1. The first kappa shape index (κ1) is 17.2. The van der Waals surface area contributed by atoms with Crippen LogP contribution in [0.3, 0.4) is 0 Å². The van der Waals surface area contributed by atoms with E-state index in [0.29, 0.717) is 17.9 Å². The molecule has 114 valence electrons. The van der Waals surface area contributed by atoms with E-state index in [1.54, 1.807) is 24.3 Å². The van der Waals surface area contributed by atoms with Crippen molar-refractivity contribution < 1.29 is 14.5 Å². The number of ether oxygens (including phenoxy) is 1. The monoisotopic (exact) mass is 311 g/mol. The topological polar surface area (TPSA) is 69.4 Å². The molecule has 0 fully saturated rings. The first-order valence-electron chi connectivity index (χ1n) is 6.64. The summed E-state index contributed by atoms with van der Waals surface area (Å²) in [6.45, 7) is 3.55. The summed E-state index contributed by atoms with van der Waals surface area (Å²) >= 11 is 5.85. The molecule has 6 heteroatoms. The van der Waals surface area contributed by atoms with Crippen molar-refractivity contribution in [1.82, 2.24) is 0 Å². The van der Waals surface area contributed by atoms with Crippen LogP contribution in [0.4, 0.5) is 0 Å². The molecule has 0 radical (unpaired) electrons. The van der Waals surface area contributed by atoms with Crippen LogP contribution in [-0.4, -0.2) is 22.7 Å². The summed E-state index contributed by atoms with van der Waals surface area (Å²) in [5, 5.41) is 10.9. The van der Waals surface area contributed by atoms with Gasteiger partial charge in [0.05, 0.1) is 11.5 Å². The molecule has 5 nitrogen and oxygen atoms in total. The van der Waals surface area contributed by atoms with Crippen molar-refractivity contribution in [2.24, 2.45) is 0 Å². The third-order valence-electron chi connectivity index (χ3n) is 2.77. The molecule has 0 bridgehead atoms. The van der Waals surface area contributed by atoms with Crippen LogP contribution in [0.25, 0.3) is 6.08 Å². The van der Waals surface area contributed by atoms with Gasteiger partial charge in [0, 0.05) is 23.9 Å². The Bertz CT molecular complexity index is 524. The minimum Gasteiger partial charge on any atom is -0.493 e. The Morgan fingerprint density at radius 3 is 2.71 bits per heavy atom. The van der Waals surface area contributed by atoms with E-state index >= 15 is 0 Å². The number of carbonyl (C=O) groups excluding carboxylic acids is 1. The van der Waals surface area contributed by atoms with Crippen molar-refractivity contribution in [1.29, 1.82) is 0 Å². The van der Waals surface area contributed by atoms with E-state index in [9.17, 15) is 14.9 Å². The Balaban J connectivity index is 2.86. The number of halogens is 1. The molecule has 0 aliphatic rings. The van der Waals surface area contributed by atoms with Crippen LogP contribution < -0.4 is 4.74 Å². The van der Waals surface area contributed by atoms with Gasteiger partial charge in [0.2, 0.25) is 5.78 Å². The van der Waals surface area contributed by atoms with Gasteiger partial charge in [0.1, 0.15) is 5.75 Å². The SMILES string of the molecule is CC(=O)C(=Cc1ccccc1OCCCC(C)Cl)[N+](=O)[O-]. The van der Waals surface area contributed by atoms with Gasteiger partial charge in [0.15, 0.2) is 0 Å². The van der Waals surface area contributed by atoms with Gasteiger partial charge in [-0.25, -0.2) is 0 Å².